The third-order valence-electron chi connectivity index (χ3n) is 6.91. The van der Waals surface area contributed by atoms with E-state index in [0.29, 0.717) is 69.0 Å². The highest BCUT2D eigenvalue weighted by Gasteiger charge is 2.39. The van der Waals surface area contributed by atoms with Crippen LogP contribution in [-0.2, 0) is 23.8 Å². The van der Waals surface area contributed by atoms with Crippen LogP contribution in [0.2, 0.25) is 0 Å². The van der Waals surface area contributed by atoms with Gasteiger partial charge in [0, 0.05) is 45.5 Å². The number of carbonyl (C=O) groups excluding carboxylic acids is 3. The van der Waals surface area contributed by atoms with Gasteiger partial charge in [-0.25, -0.2) is 0 Å². The molecule has 1 aromatic carbocycles. The molecule has 3 atom stereocenters. The molecular formula is C25H35N3O7. The van der Waals surface area contributed by atoms with E-state index in [0.717, 1.165) is 0 Å². The Morgan fingerprint density at radius 3 is 2.74 bits per heavy atom. The zero-order valence-corrected chi connectivity index (χ0v) is 20.4. The summed E-state index contributed by atoms with van der Waals surface area (Å²) >= 11 is 0. The largest absolute Gasteiger partial charge is 0.490 e. The molecule has 3 aliphatic rings. The number of likely N-dealkylation sites (N-methyl/N-ethyl adjacent to an activating group) is 1. The van der Waals surface area contributed by atoms with Crippen molar-refractivity contribution in [2.45, 2.75) is 50.4 Å². The molecule has 1 aromatic rings. The van der Waals surface area contributed by atoms with Crippen LogP contribution in [0, 0.1) is 5.92 Å². The summed E-state index contributed by atoms with van der Waals surface area (Å²) in [5, 5.41) is 5.76. The minimum absolute atomic E-state index is 0.0566. The van der Waals surface area contributed by atoms with E-state index in [1.165, 1.54) is 0 Å². The minimum atomic E-state index is -0.337. The molecule has 192 valence electrons. The summed E-state index contributed by atoms with van der Waals surface area (Å²) < 4.78 is 22.5. The van der Waals surface area contributed by atoms with Gasteiger partial charge in [-0.05, 0) is 43.9 Å². The number of nitrogens with zero attached hydrogens (tertiary/aromatic N) is 1. The molecule has 2 N–H and O–H groups in total. The molecule has 0 radical (unpaired) electrons. The number of nitrogens with one attached hydrogen (secondary N) is 2. The lowest BCUT2D eigenvalue weighted by molar-refractivity contribution is -0.134. The number of ether oxygens (including phenoxy) is 4. The van der Waals surface area contributed by atoms with Crippen molar-refractivity contribution in [1.82, 2.24) is 10.2 Å². The van der Waals surface area contributed by atoms with Gasteiger partial charge in [0.25, 0.3) is 5.91 Å². The van der Waals surface area contributed by atoms with E-state index in [2.05, 4.69) is 10.6 Å². The molecule has 0 unspecified atom stereocenters. The third kappa shape index (κ3) is 6.31. The van der Waals surface area contributed by atoms with Crippen LogP contribution in [0.3, 0.4) is 0 Å². The van der Waals surface area contributed by atoms with Crippen LogP contribution < -0.4 is 15.4 Å². The Balaban J connectivity index is 1.40. The first-order chi connectivity index (χ1) is 17.0. The molecule has 3 amide bonds. The number of hydrogen-bond acceptors (Lipinski definition) is 7. The lowest BCUT2D eigenvalue weighted by atomic mass is 9.94. The molecule has 2 saturated heterocycles. The van der Waals surface area contributed by atoms with Gasteiger partial charge in [0.2, 0.25) is 11.8 Å². The van der Waals surface area contributed by atoms with Crippen LogP contribution in [0.15, 0.2) is 18.2 Å². The Labute approximate surface area is 205 Å². The smallest absolute Gasteiger partial charge is 0.257 e. The van der Waals surface area contributed by atoms with Crippen molar-refractivity contribution in [2.75, 3.05) is 52.4 Å². The normalized spacial score (nSPS) is 24.9. The van der Waals surface area contributed by atoms with Crippen LogP contribution in [0.5, 0.6) is 5.75 Å². The average molecular weight is 490 g/mol. The van der Waals surface area contributed by atoms with Gasteiger partial charge < -0.3 is 34.5 Å². The summed E-state index contributed by atoms with van der Waals surface area (Å²) in [6.07, 6.45) is 2.47. The Bertz CT molecular complexity index is 918. The third-order valence-corrected chi connectivity index (χ3v) is 6.91. The van der Waals surface area contributed by atoms with E-state index in [1.807, 2.05) is 0 Å². The maximum Gasteiger partial charge on any atom is 0.257 e. The Morgan fingerprint density at radius 2 is 1.97 bits per heavy atom. The van der Waals surface area contributed by atoms with Gasteiger partial charge in [0.05, 0.1) is 30.7 Å². The SMILES string of the molecule is COCCNC(=O)C[C@H]1CC[C@H]2[C@@H](COc3ccc(NC(=O)C4CCOCC4)cc3C(=O)N2C)O1. The maximum atomic E-state index is 13.4. The summed E-state index contributed by atoms with van der Waals surface area (Å²) in [4.78, 5) is 39.9. The van der Waals surface area contributed by atoms with Gasteiger partial charge in [-0.1, -0.05) is 0 Å². The molecule has 0 aromatic heterocycles. The Morgan fingerprint density at radius 1 is 1.17 bits per heavy atom. The van der Waals surface area contributed by atoms with E-state index in [1.54, 1.807) is 37.3 Å². The highest BCUT2D eigenvalue weighted by atomic mass is 16.5. The van der Waals surface area contributed by atoms with Crippen molar-refractivity contribution in [1.29, 1.82) is 0 Å². The molecule has 0 aliphatic carbocycles. The molecule has 3 heterocycles. The second-order valence-corrected chi connectivity index (χ2v) is 9.30. The second-order valence-electron chi connectivity index (χ2n) is 9.30. The van der Waals surface area contributed by atoms with E-state index >= 15 is 0 Å². The van der Waals surface area contributed by atoms with Crippen LogP contribution in [0.4, 0.5) is 5.69 Å². The Hall–Kier alpha value is -2.69. The first-order valence-corrected chi connectivity index (χ1v) is 12.3. The van der Waals surface area contributed by atoms with Crippen LogP contribution in [0.1, 0.15) is 42.5 Å². The summed E-state index contributed by atoms with van der Waals surface area (Å²) in [6.45, 7) is 2.36. The van der Waals surface area contributed by atoms with Crippen molar-refractivity contribution in [2.24, 2.45) is 5.92 Å². The van der Waals surface area contributed by atoms with Crippen molar-refractivity contribution < 1.29 is 33.3 Å². The van der Waals surface area contributed by atoms with Gasteiger partial charge in [-0.3, -0.25) is 14.4 Å². The molecule has 4 rings (SSSR count). The average Bonchev–Trinajstić information content (AvgIpc) is 2.87. The van der Waals surface area contributed by atoms with Gasteiger partial charge in [0.1, 0.15) is 18.5 Å². The number of methoxy groups -OCH3 is 1. The van der Waals surface area contributed by atoms with Crippen molar-refractivity contribution in [3.05, 3.63) is 23.8 Å². The molecule has 0 spiro atoms. The molecule has 2 fully saturated rings. The van der Waals surface area contributed by atoms with Crippen molar-refractivity contribution >= 4 is 23.4 Å². The highest BCUT2D eigenvalue weighted by molar-refractivity contribution is 6.00. The number of amides is 3. The number of benzene rings is 1. The summed E-state index contributed by atoms with van der Waals surface area (Å²) in [5.74, 6) is 0.0420. The molecular weight excluding hydrogens is 454 g/mol. The monoisotopic (exact) mass is 489 g/mol. The molecule has 3 aliphatic heterocycles. The quantitative estimate of drug-likeness (QED) is 0.559. The first kappa shape index (κ1) is 25.4. The van der Waals surface area contributed by atoms with Crippen molar-refractivity contribution in [3.8, 4) is 5.75 Å². The lowest BCUT2D eigenvalue weighted by Gasteiger charge is -2.42. The van der Waals surface area contributed by atoms with E-state index in [-0.39, 0.29) is 54.9 Å². The van der Waals surface area contributed by atoms with E-state index < -0.39 is 0 Å². The summed E-state index contributed by atoms with van der Waals surface area (Å²) in [5.41, 5.74) is 0.984. The zero-order chi connectivity index (χ0) is 24.8. The maximum absolute atomic E-state index is 13.4. The number of anilines is 1. The van der Waals surface area contributed by atoms with Crippen LogP contribution >= 0.6 is 0 Å². The predicted molar refractivity (Wildman–Crippen MR) is 127 cm³/mol. The molecule has 10 nitrogen and oxygen atoms in total. The predicted octanol–water partition coefficient (Wildman–Crippen LogP) is 1.59. The fraction of sp³-hybridized carbons (Fsp3) is 0.640. The van der Waals surface area contributed by atoms with Gasteiger partial charge in [-0.2, -0.15) is 0 Å². The molecule has 0 bridgehead atoms. The summed E-state index contributed by atoms with van der Waals surface area (Å²) in [6, 6.07) is 4.98. The standard InChI is InChI=1S/C25H35N3O7/c1-28-20-5-4-18(14-23(29)26-9-12-32-2)35-22(20)15-34-21-6-3-17(13-19(21)25(28)31)27-24(30)16-7-10-33-11-8-16/h3,6,13,16,18,20,22H,4-5,7-12,14-15H2,1-2H3,(H,26,29)(H,27,30)/t18-,20+,22-/m1/s1. The van der Waals surface area contributed by atoms with E-state index in [9.17, 15) is 14.4 Å². The number of rotatable bonds is 7. The number of hydrogen-bond donors (Lipinski definition) is 2. The summed E-state index contributed by atoms with van der Waals surface area (Å²) in [7, 11) is 3.36. The number of fused-ring (bicyclic) bond motifs is 2. The lowest BCUT2D eigenvalue weighted by Crippen LogP contribution is -2.54. The number of carbonyl (C=O) groups is 3. The zero-order valence-electron chi connectivity index (χ0n) is 20.4. The van der Waals surface area contributed by atoms with Gasteiger partial charge in [-0.15, -0.1) is 0 Å². The first-order valence-electron chi connectivity index (χ1n) is 12.3. The molecule has 10 heteroatoms. The molecule has 35 heavy (non-hydrogen) atoms. The molecule has 0 saturated carbocycles. The minimum Gasteiger partial charge on any atom is -0.490 e. The van der Waals surface area contributed by atoms with Gasteiger partial charge >= 0.3 is 0 Å². The fourth-order valence-corrected chi connectivity index (χ4v) is 4.88. The topological polar surface area (TPSA) is 115 Å². The Kier molecular flexibility index (Phi) is 8.59. The van der Waals surface area contributed by atoms with E-state index in [4.69, 9.17) is 18.9 Å². The highest BCUT2D eigenvalue weighted by Crippen LogP contribution is 2.32. The fourth-order valence-electron chi connectivity index (χ4n) is 4.88. The van der Waals surface area contributed by atoms with Crippen LogP contribution in [-0.4, -0.2) is 88.0 Å². The van der Waals surface area contributed by atoms with Gasteiger partial charge in [0.15, 0.2) is 0 Å². The van der Waals surface area contributed by atoms with Crippen molar-refractivity contribution in [3.63, 3.8) is 0 Å². The second kappa shape index (κ2) is 11.8. The van der Waals surface area contributed by atoms with Crippen LogP contribution in [0.25, 0.3) is 0 Å².